The van der Waals surface area contributed by atoms with Gasteiger partial charge in [0.05, 0.1) is 39.9 Å². The Hall–Kier alpha value is -0.500. The highest BCUT2D eigenvalue weighted by Crippen LogP contribution is 2.38. The smallest absolute Gasteiger partial charge is 0.268 e. The molecule has 0 spiro atoms. The van der Waals surface area contributed by atoms with Gasteiger partial charge in [0, 0.05) is 6.42 Å². The van der Waals surface area contributed by atoms with Gasteiger partial charge >= 0.3 is 0 Å². The number of hydrogen-bond acceptors (Lipinski definition) is 6. The van der Waals surface area contributed by atoms with Crippen molar-refractivity contribution in [3.05, 3.63) is 0 Å². The van der Waals surface area contributed by atoms with Crippen molar-refractivity contribution in [2.45, 2.75) is 334 Å². The zero-order valence-corrected chi connectivity index (χ0v) is 47.5. The number of unbranched alkanes of at least 4 members (excludes halogenated alkanes) is 44. The lowest BCUT2D eigenvalue weighted by Crippen LogP contribution is -2.46. The summed E-state index contributed by atoms with van der Waals surface area (Å²) in [6.07, 6.45) is 61.4. The molecule has 0 aromatic rings. The fraction of sp³-hybridized carbons (Fsp3) is 0.983. The number of aliphatic hydroxyl groups is 1. The van der Waals surface area contributed by atoms with Crippen LogP contribution in [-0.4, -0.2) is 68.5 Å². The molecule has 0 saturated carbocycles. The Morgan fingerprint density at radius 3 is 1.00 bits per heavy atom. The molecule has 0 rings (SSSR count). The summed E-state index contributed by atoms with van der Waals surface area (Å²) >= 11 is 0. The third kappa shape index (κ3) is 53.3. The first kappa shape index (κ1) is 67.5. The first-order chi connectivity index (χ1) is 33.0. The Balaban J connectivity index is 4.06. The van der Waals surface area contributed by atoms with Gasteiger partial charge in [-0.3, -0.25) is 9.36 Å². The van der Waals surface area contributed by atoms with Crippen LogP contribution in [0.4, 0.5) is 0 Å². The quantitative estimate of drug-likeness (QED) is 0.0357. The van der Waals surface area contributed by atoms with Gasteiger partial charge in [-0.15, -0.1) is 0 Å². The molecule has 9 heteroatoms. The maximum absolute atomic E-state index is 13.0. The number of aliphatic hydroxyl groups excluding tert-OH is 1. The predicted octanol–water partition coefficient (Wildman–Crippen LogP) is 17.8. The van der Waals surface area contributed by atoms with Crippen molar-refractivity contribution >= 4 is 13.7 Å². The zero-order valence-electron chi connectivity index (χ0n) is 46.6. The van der Waals surface area contributed by atoms with Crippen LogP contribution >= 0.6 is 7.82 Å². The van der Waals surface area contributed by atoms with Crippen molar-refractivity contribution in [1.82, 2.24) is 5.32 Å². The Morgan fingerprint density at radius 2 is 0.721 bits per heavy atom. The van der Waals surface area contributed by atoms with Gasteiger partial charge in [-0.05, 0) is 12.8 Å². The molecule has 8 nitrogen and oxygen atoms in total. The summed E-state index contributed by atoms with van der Waals surface area (Å²) in [6, 6.07) is -0.795. The second kappa shape index (κ2) is 51.4. The lowest BCUT2D eigenvalue weighted by molar-refractivity contribution is -0.870. The molecule has 0 aromatic carbocycles. The van der Waals surface area contributed by atoms with Crippen LogP contribution in [0.2, 0.25) is 0 Å². The summed E-state index contributed by atoms with van der Waals surface area (Å²) in [5, 5.41) is 14.0. The number of hydrogen-bond donors (Lipinski definition) is 2. The molecular formula is C59H121N2O6P. The molecule has 0 bridgehead atoms. The molecule has 3 unspecified atom stereocenters. The van der Waals surface area contributed by atoms with Gasteiger partial charge in [0.1, 0.15) is 13.2 Å². The highest BCUT2D eigenvalue weighted by atomic mass is 31.2. The highest BCUT2D eigenvalue weighted by molar-refractivity contribution is 7.45. The zero-order chi connectivity index (χ0) is 49.9. The number of carbonyl (C=O) groups excluding carboxylic acids is 1. The number of phosphoric ester groups is 1. The third-order valence-corrected chi connectivity index (χ3v) is 15.3. The van der Waals surface area contributed by atoms with Crippen molar-refractivity contribution in [3.63, 3.8) is 0 Å². The van der Waals surface area contributed by atoms with Gasteiger partial charge in [-0.1, -0.05) is 303 Å². The van der Waals surface area contributed by atoms with E-state index < -0.39 is 20.0 Å². The van der Waals surface area contributed by atoms with E-state index in [1.807, 2.05) is 21.1 Å². The van der Waals surface area contributed by atoms with Crippen molar-refractivity contribution in [2.24, 2.45) is 0 Å². The molecule has 0 fully saturated rings. The predicted molar refractivity (Wildman–Crippen MR) is 293 cm³/mol. The highest BCUT2D eigenvalue weighted by Gasteiger charge is 2.24. The molecule has 0 saturated heterocycles. The number of rotatable bonds is 57. The summed E-state index contributed by atoms with van der Waals surface area (Å²) in [5.41, 5.74) is 0. The summed E-state index contributed by atoms with van der Waals surface area (Å²) in [4.78, 5) is 25.5. The third-order valence-electron chi connectivity index (χ3n) is 14.3. The number of carbonyl (C=O) groups is 1. The normalized spacial score (nSPS) is 13.8. The summed E-state index contributed by atoms with van der Waals surface area (Å²) < 4.78 is 23.5. The second-order valence-corrected chi connectivity index (χ2v) is 23.8. The van der Waals surface area contributed by atoms with Gasteiger partial charge in [-0.2, -0.15) is 0 Å². The lowest BCUT2D eigenvalue weighted by atomic mass is 10.0. The van der Waals surface area contributed by atoms with E-state index in [-0.39, 0.29) is 19.1 Å². The number of likely N-dealkylation sites (N-methyl/N-ethyl adjacent to an activating group) is 1. The van der Waals surface area contributed by atoms with Crippen molar-refractivity contribution in [1.29, 1.82) is 0 Å². The average Bonchev–Trinajstić information content (AvgIpc) is 3.30. The molecule has 3 atom stereocenters. The van der Waals surface area contributed by atoms with Crippen molar-refractivity contribution in [2.75, 3.05) is 40.9 Å². The molecule has 1 amide bonds. The Labute approximate surface area is 425 Å². The summed E-state index contributed by atoms with van der Waals surface area (Å²) in [7, 11) is 1.33. The van der Waals surface area contributed by atoms with E-state index in [0.717, 1.165) is 38.5 Å². The Morgan fingerprint density at radius 1 is 0.456 bits per heavy atom. The minimum atomic E-state index is -4.57. The largest absolute Gasteiger partial charge is 0.756 e. The van der Waals surface area contributed by atoms with Crippen LogP contribution in [0.5, 0.6) is 0 Å². The van der Waals surface area contributed by atoms with E-state index in [1.54, 1.807) is 0 Å². The molecule has 0 aliphatic rings. The first-order valence-corrected chi connectivity index (χ1v) is 31.8. The number of phosphoric acid groups is 1. The lowest BCUT2D eigenvalue weighted by Gasteiger charge is -2.30. The van der Waals surface area contributed by atoms with Gasteiger partial charge in [0.25, 0.3) is 7.82 Å². The molecule has 0 radical (unpaired) electrons. The van der Waals surface area contributed by atoms with Crippen LogP contribution in [0.25, 0.3) is 0 Å². The first-order valence-electron chi connectivity index (χ1n) is 30.4. The Kier molecular flexibility index (Phi) is 51.0. The Bertz CT molecular complexity index is 1070. The minimum Gasteiger partial charge on any atom is -0.756 e. The maximum Gasteiger partial charge on any atom is 0.268 e. The molecule has 2 N–H and O–H groups in total. The van der Waals surface area contributed by atoms with Crippen LogP contribution in [0.3, 0.4) is 0 Å². The van der Waals surface area contributed by atoms with Crippen LogP contribution in [0.15, 0.2) is 0 Å². The van der Waals surface area contributed by atoms with E-state index in [9.17, 15) is 19.4 Å². The van der Waals surface area contributed by atoms with Crippen LogP contribution < -0.4 is 10.2 Å². The van der Waals surface area contributed by atoms with Gasteiger partial charge in [0.15, 0.2) is 0 Å². The van der Waals surface area contributed by atoms with Gasteiger partial charge < -0.3 is 28.8 Å². The molecule has 0 aliphatic carbocycles. The van der Waals surface area contributed by atoms with E-state index >= 15 is 0 Å². The number of quaternary nitrogens is 1. The monoisotopic (exact) mass is 985 g/mol. The van der Waals surface area contributed by atoms with Gasteiger partial charge in [0.2, 0.25) is 5.91 Å². The van der Waals surface area contributed by atoms with Crippen LogP contribution in [0, 0.1) is 0 Å². The number of nitrogens with zero attached hydrogens (tertiary/aromatic N) is 1. The fourth-order valence-electron chi connectivity index (χ4n) is 9.57. The van der Waals surface area contributed by atoms with E-state index in [0.29, 0.717) is 23.9 Å². The molecule has 408 valence electrons. The topological polar surface area (TPSA) is 108 Å². The number of nitrogens with one attached hydrogen (secondary N) is 1. The second-order valence-electron chi connectivity index (χ2n) is 22.4. The molecule has 0 aromatic heterocycles. The summed E-state index contributed by atoms with van der Waals surface area (Å²) in [5.74, 6) is -0.156. The van der Waals surface area contributed by atoms with Crippen LogP contribution in [-0.2, 0) is 18.4 Å². The molecular weight excluding hydrogens is 864 g/mol. The molecule has 68 heavy (non-hydrogen) atoms. The number of amides is 1. The SMILES string of the molecule is CCCCCCCCCCCCCCCCCCCCCCCCCCCCCCC(O)C(COP(=O)([O-])OCC[N+](C)(C)C)NC(=O)CCCCCCCCCCCCCCCCCCCC. The average molecular weight is 986 g/mol. The maximum atomic E-state index is 13.0. The van der Waals surface area contributed by atoms with E-state index in [4.69, 9.17) is 9.05 Å². The standard InChI is InChI=1S/C59H121N2O6P/c1-6-8-10-12-14-16-18-20-22-24-26-27-28-29-30-31-32-33-34-35-36-38-40-42-44-46-48-50-52-58(62)57(56-67-68(64,65)66-55-54-61(3,4)5)60-59(63)53-51-49-47-45-43-41-39-37-25-23-21-19-17-15-13-11-9-7-2/h57-58,62H,6-56H2,1-5H3,(H-,60,63,64,65). The summed E-state index contributed by atoms with van der Waals surface area (Å²) in [6.45, 7) is 4.78. The van der Waals surface area contributed by atoms with E-state index in [2.05, 4.69) is 19.2 Å². The molecule has 0 aliphatic heterocycles. The van der Waals surface area contributed by atoms with Crippen LogP contribution in [0.1, 0.15) is 322 Å². The van der Waals surface area contributed by atoms with Crippen molar-refractivity contribution < 1.29 is 32.9 Å². The van der Waals surface area contributed by atoms with E-state index in [1.165, 1.54) is 257 Å². The fourth-order valence-corrected chi connectivity index (χ4v) is 10.3. The van der Waals surface area contributed by atoms with Crippen molar-refractivity contribution in [3.8, 4) is 0 Å². The molecule has 0 heterocycles. The minimum absolute atomic E-state index is 0.0167. The van der Waals surface area contributed by atoms with Gasteiger partial charge in [-0.25, -0.2) is 0 Å².